The molecule has 0 spiro atoms. The predicted molar refractivity (Wildman–Crippen MR) is 43.7 cm³/mol. The average Bonchev–Trinajstić information content (AvgIpc) is 2.67. The third-order valence-corrected chi connectivity index (χ3v) is 1.40. The van der Waals surface area contributed by atoms with Crippen molar-refractivity contribution in [1.29, 1.82) is 0 Å². The van der Waals surface area contributed by atoms with Gasteiger partial charge in [0.05, 0.1) is 0 Å². The van der Waals surface area contributed by atoms with Gasteiger partial charge in [-0.1, -0.05) is 0 Å². The molecule has 0 radical (unpaired) electrons. The Morgan fingerprint density at radius 3 is 1.80 bits per heavy atom. The van der Waals surface area contributed by atoms with Crippen LogP contribution in [0.4, 0.5) is 0 Å². The van der Waals surface area contributed by atoms with Crippen LogP contribution < -0.4 is 0 Å². The van der Waals surface area contributed by atoms with Gasteiger partial charge in [0, 0.05) is 0 Å². The fraction of sp³-hybridized carbons (Fsp3) is 0.250. The Bertz CT molecular complexity index is 321. The van der Waals surface area contributed by atoms with Crippen molar-refractivity contribution < 1.29 is 33.7 Å². The van der Waals surface area contributed by atoms with E-state index in [-0.39, 0.29) is 11.5 Å². The number of hydrogen-bond donors (Lipinski definition) is 2. The van der Waals surface area contributed by atoms with E-state index in [1.165, 1.54) is 12.1 Å². The van der Waals surface area contributed by atoms with E-state index in [0.717, 1.165) is 0 Å². The van der Waals surface area contributed by atoms with E-state index in [0.29, 0.717) is 0 Å². The number of carbonyl (C=O) groups is 2. The summed E-state index contributed by atoms with van der Waals surface area (Å²) in [7, 11) is 0. The molecular weight excluding hydrogens is 208 g/mol. The Morgan fingerprint density at radius 1 is 1.07 bits per heavy atom. The van der Waals surface area contributed by atoms with Crippen LogP contribution in [-0.4, -0.2) is 35.7 Å². The van der Waals surface area contributed by atoms with Crippen molar-refractivity contribution in [2.45, 2.75) is 0 Å². The minimum atomic E-state index is -0.902. The molecule has 2 N–H and O–H groups in total. The zero-order valence-electron chi connectivity index (χ0n) is 7.50. The molecule has 0 fully saturated rings. The van der Waals surface area contributed by atoms with Gasteiger partial charge in [-0.25, -0.2) is 9.59 Å². The molecule has 1 aromatic heterocycles. The zero-order chi connectivity index (χ0) is 11.3. The van der Waals surface area contributed by atoms with Crippen LogP contribution in [0.3, 0.4) is 0 Å². The van der Waals surface area contributed by atoms with E-state index < -0.39 is 25.5 Å². The molecule has 1 heterocycles. The highest BCUT2D eigenvalue weighted by Gasteiger charge is 2.17. The van der Waals surface area contributed by atoms with Gasteiger partial charge in [0.1, 0.15) is 0 Å². The average molecular weight is 216 g/mol. The number of aliphatic hydroxyl groups is 2. The summed E-state index contributed by atoms with van der Waals surface area (Å²) < 4.78 is 13.1. The predicted octanol–water partition coefficient (Wildman–Crippen LogP) is -0.507. The lowest BCUT2D eigenvalue weighted by atomic mass is 10.4. The third-order valence-electron chi connectivity index (χ3n) is 1.40. The summed E-state index contributed by atoms with van der Waals surface area (Å²) in [4.78, 5) is 21.9. The first-order valence-corrected chi connectivity index (χ1v) is 3.85. The molecular formula is C8H8O7. The highest BCUT2D eigenvalue weighted by atomic mass is 16.6. The van der Waals surface area contributed by atoms with Gasteiger partial charge in [0.15, 0.2) is 13.6 Å². The monoisotopic (exact) mass is 216 g/mol. The van der Waals surface area contributed by atoms with Crippen LogP contribution in [0.2, 0.25) is 0 Å². The van der Waals surface area contributed by atoms with E-state index in [4.69, 9.17) is 14.6 Å². The van der Waals surface area contributed by atoms with Crippen LogP contribution in [0.15, 0.2) is 16.5 Å². The van der Waals surface area contributed by atoms with Gasteiger partial charge < -0.3 is 24.1 Å². The minimum Gasteiger partial charge on any atom is -0.442 e. The van der Waals surface area contributed by atoms with Crippen LogP contribution in [0, 0.1) is 0 Å². The molecule has 0 atom stereocenters. The van der Waals surface area contributed by atoms with Crippen molar-refractivity contribution in [3.8, 4) is 0 Å². The van der Waals surface area contributed by atoms with Gasteiger partial charge in [-0.3, -0.25) is 0 Å². The van der Waals surface area contributed by atoms with E-state index in [9.17, 15) is 9.59 Å². The molecule has 15 heavy (non-hydrogen) atoms. The van der Waals surface area contributed by atoms with E-state index in [1.807, 2.05) is 0 Å². The van der Waals surface area contributed by atoms with Crippen molar-refractivity contribution >= 4 is 11.9 Å². The molecule has 1 aromatic rings. The first kappa shape index (κ1) is 11.2. The van der Waals surface area contributed by atoms with E-state index in [2.05, 4.69) is 9.47 Å². The first-order chi connectivity index (χ1) is 7.19. The maximum Gasteiger partial charge on any atom is 0.376 e. The molecule has 7 heteroatoms. The molecule has 0 bridgehead atoms. The fourth-order valence-electron chi connectivity index (χ4n) is 0.817. The van der Waals surface area contributed by atoms with Gasteiger partial charge >= 0.3 is 11.9 Å². The lowest BCUT2D eigenvalue weighted by molar-refractivity contribution is 0.00126. The number of ether oxygens (including phenoxy) is 2. The number of rotatable bonds is 4. The smallest absolute Gasteiger partial charge is 0.376 e. The standard InChI is InChI=1S/C8H8O7/c9-3-13-7(11)5-1-2-6(15-5)8(12)14-4-10/h1-2,9-10H,3-4H2. The summed E-state index contributed by atoms with van der Waals surface area (Å²) in [5.74, 6) is -2.29. The molecule has 0 aliphatic carbocycles. The maximum atomic E-state index is 11.0. The Hall–Kier alpha value is -1.86. The number of hydrogen-bond acceptors (Lipinski definition) is 7. The molecule has 0 saturated heterocycles. The number of furan rings is 1. The van der Waals surface area contributed by atoms with Crippen LogP contribution >= 0.6 is 0 Å². The van der Waals surface area contributed by atoms with Crippen LogP contribution in [-0.2, 0) is 9.47 Å². The lowest BCUT2D eigenvalue weighted by Gasteiger charge is -1.97. The molecule has 82 valence electrons. The SMILES string of the molecule is O=C(OCO)c1ccc(C(=O)OCO)o1. The van der Waals surface area contributed by atoms with Gasteiger partial charge in [-0.15, -0.1) is 0 Å². The van der Waals surface area contributed by atoms with Gasteiger partial charge in [-0.05, 0) is 12.1 Å². The largest absolute Gasteiger partial charge is 0.442 e. The molecule has 0 aromatic carbocycles. The quantitative estimate of drug-likeness (QED) is 0.515. The molecule has 0 unspecified atom stereocenters. The van der Waals surface area contributed by atoms with Gasteiger partial charge in [0.2, 0.25) is 11.5 Å². The Labute approximate surface area is 83.8 Å². The molecule has 7 nitrogen and oxygen atoms in total. The summed E-state index contributed by atoms with van der Waals surface area (Å²) in [6, 6.07) is 2.37. The second kappa shape index (κ2) is 5.13. The highest BCUT2D eigenvalue weighted by molar-refractivity contribution is 5.90. The number of esters is 2. The normalized spacial score (nSPS) is 9.73. The summed E-state index contributed by atoms with van der Waals surface area (Å²) in [5.41, 5.74) is 0. The number of aliphatic hydroxyl groups excluding tert-OH is 2. The maximum absolute atomic E-state index is 11.0. The first-order valence-electron chi connectivity index (χ1n) is 3.85. The van der Waals surface area contributed by atoms with Crippen molar-refractivity contribution in [3.05, 3.63) is 23.7 Å². The molecule has 0 amide bonds. The van der Waals surface area contributed by atoms with Crippen LogP contribution in [0.1, 0.15) is 21.1 Å². The zero-order valence-corrected chi connectivity index (χ0v) is 7.50. The summed E-state index contributed by atoms with van der Waals surface area (Å²) >= 11 is 0. The van der Waals surface area contributed by atoms with Crippen molar-refractivity contribution in [1.82, 2.24) is 0 Å². The highest BCUT2D eigenvalue weighted by Crippen LogP contribution is 2.10. The fourth-order valence-corrected chi connectivity index (χ4v) is 0.817. The molecule has 0 aliphatic rings. The molecule has 0 saturated carbocycles. The van der Waals surface area contributed by atoms with Gasteiger partial charge in [0.25, 0.3) is 0 Å². The van der Waals surface area contributed by atoms with Crippen LogP contribution in [0.5, 0.6) is 0 Å². The summed E-state index contributed by atoms with van der Waals surface area (Å²) in [6.07, 6.45) is 0. The minimum absolute atomic E-state index is 0.242. The summed E-state index contributed by atoms with van der Waals surface area (Å²) in [6.45, 7) is -1.56. The third kappa shape index (κ3) is 2.79. The number of carbonyl (C=O) groups excluding carboxylic acids is 2. The van der Waals surface area contributed by atoms with Gasteiger partial charge in [-0.2, -0.15) is 0 Å². The Balaban J connectivity index is 2.71. The van der Waals surface area contributed by atoms with Crippen molar-refractivity contribution in [2.24, 2.45) is 0 Å². The lowest BCUT2D eigenvalue weighted by Crippen LogP contribution is -2.06. The van der Waals surface area contributed by atoms with Crippen LogP contribution in [0.25, 0.3) is 0 Å². The van der Waals surface area contributed by atoms with Crippen molar-refractivity contribution in [3.63, 3.8) is 0 Å². The topological polar surface area (TPSA) is 106 Å². The van der Waals surface area contributed by atoms with E-state index in [1.54, 1.807) is 0 Å². The molecule has 1 rings (SSSR count). The molecule has 0 aliphatic heterocycles. The summed E-state index contributed by atoms with van der Waals surface area (Å²) in [5, 5.41) is 16.6. The second-order valence-corrected chi connectivity index (χ2v) is 2.29. The Morgan fingerprint density at radius 2 is 1.47 bits per heavy atom. The second-order valence-electron chi connectivity index (χ2n) is 2.29. The van der Waals surface area contributed by atoms with E-state index >= 15 is 0 Å². The Kier molecular flexibility index (Phi) is 3.83. The van der Waals surface area contributed by atoms with Crippen molar-refractivity contribution in [2.75, 3.05) is 13.6 Å².